The molecule has 5 rings (SSSR count). The van der Waals surface area contributed by atoms with E-state index in [0.29, 0.717) is 18.5 Å². The number of rotatable bonds is 13. The van der Waals surface area contributed by atoms with Gasteiger partial charge >= 0.3 is 0 Å². The van der Waals surface area contributed by atoms with Gasteiger partial charge < -0.3 is 10.2 Å². The average Bonchev–Trinajstić information content (AvgIpc) is 3.10. The number of anilines is 1. The standard InChI is InChI=1S/C39H45N3O4S/c1-3-33-20-13-14-25-36(33)42(47(45,46)35-23-11-6-12-24-35)29-38(43)41(28-32-19-15-16-30(2)26-32)37(27-31-17-7-4-8-18-31)39(44)40-34-21-9-5-10-22-34/h4,6-8,11-20,23-26,34,37H,3,5,9-10,21-22,27-29H2,1-2H3,(H,40,44). The second kappa shape index (κ2) is 15.9. The van der Waals surface area contributed by atoms with E-state index in [4.69, 9.17) is 0 Å². The number of carbonyl (C=O) groups excluding carboxylic acids is 2. The molecule has 8 heteroatoms. The van der Waals surface area contributed by atoms with Gasteiger partial charge in [-0.05, 0) is 61.1 Å². The fraction of sp³-hybridized carbons (Fsp3) is 0.333. The van der Waals surface area contributed by atoms with E-state index >= 15 is 0 Å². The van der Waals surface area contributed by atoms with Crippen LogP contribution in [0.5, 0.6) is 0 Å². The molecular formula is C39H45N3O4S. The molecule has 4 aromatic rings. The average molecular weight is 652 g/mol. The lowest BCUT2D eigenvalue weighted by molar-refractivity contribution is -0.140. The Morgan fingerprint density at radius 2 is 1.45 bits per heavy atom. The van der Waals surface area contributed by atoms with Crippen LogP contribution in [0.15, 0.2) is 114 Å². The molecule has 1 unspecified atom stereocenters. The Morgan fingerprint density at radius 1 is 0.809 bits per heavy atom. The van der Waals surface area contributed by atoms with Crippen molar-refractivity contribution >= 4 is 27.5 Å². The summed E-state index contributed by atoms with van der Waals surface area (Å²) in [6, 6.07) is 32.2. The lowest BCUT2D eigenvalue weighted by Crippen LogP contribution is -2.55. The summed E-state index contributed by atoms with van der Waals surface area (Å²) in [6.07, 6.45) is 5.97. The van der Waals surface area contributed by atoms with Crippen molar-refractivity contribution in [2.45, 2.75) is 82.3 Å². The van der Waals surface area contributed by atoms with Crippen LogP contribution in [0, 0.1) is 6.92 Å². The number of para-hydroxylation sites is 1. The highest BCUT2D eigenvalue weighted by Gasteiger charge is 2.36. The monoisotopic (exact) mass is 651 g/mol. The van der Waals surface area contributed by atoms with Crippen molar-refractivity contribution in [1.82, 2.24) is 10.2 Å². The Balaban J connectivity index is 1.58. The van der Waals surface area contributed by atoms with Gasteiger partial charge in [0.15, 0.2) is 0 Å². The molecule has 0 saturated heterocycles. The van der Waals surface area contributed by atoms with Crippen LogP contribution in [-0.4, -0.2) is 43.8 Å². The third kappa shape index (κ3) is 8.69. The minimum atomic E-state index is -4.14. The van der Waals surface area contributed by atoms with Crippen LogP contribution in [0.2, 0.25) is 0 Å². The molecule has 4 aromatic carbocycles. The number of hydrogen-bond acceptors (Lipinski definition) is 4. The van der Waals surface area contributed by atoms with Crippen LogP contribution in [-0.2, 0) is 39.0 Å². The van der Waals surface area contributed by atoms with Gasteiger partial charge in [0.25, 0.3) is 10.0 Å². The van der Waals surface area contributed by atoms with E-state index in [2.05, 4.69) is 5.32 Å². The van der Waals surface area contributed by atoms with Crippen molar-refractivity contribution < 1.29 is 18.0 Å². The van der Waals surface area contributed by atoms with E-state index in [1.165, 1.54) is 4.31 Å². The van der Waals surface area contributed by atoms with E-state index in [1.54, 1.807) is 47.4 Å². The van der Waals surface area contributed by atoms with Crippen LogP contribution in [0.1, 0.15) is 61.3 Å². The van der Waals surface area contributed by atoms with Gasteiger partial charge in [0.1, 0.15) is 12.6 Å². The Kier molecular flexibility index (Phi) is 11.5. The van der Waals surface area contributed by atoms with Crippen molar-refractivity contribution in [2.75, 3.05) is 10.8 Å². The molecule has 0 aromatic heterocycles. The summed E-state index contributed by atoms with van der Waals surface area (Å²) in [5, 5.41) is 3.27. The highest BCUT2D eigenvalue weighted by atomic mass is 32.2. The van der Waals surface area contributed by atoms with Gasteiger partial charge in [-0.1, -0.05) is 123 Å². The molecule has 1 N–H and O–H groups in total. The summed E-state index contributed by atoms with van der Waals surface area (Å²) in [5.74, 6) is -0.662. The van der Waals surface area contributed by atoms with Crippen LogP contribution in [0.3, 0.4) is 0 Å². The summed E-state index contributed by atoms with van der Waals surface area (Å²) < 4.78 is 29.8. The summed E-state index contributed by atoms with van der Waals surface area (Å²) in [6.45, 7) is 3.65. The van der Waals surface area contributed by atoms with Crippen molar-refractivity contribution in [3.63, 3.8) is 0 Å². The summed E-state index contributed by atoms with van der Waals surface area (Å²) in [4.78, 5) is 30.7. The molecule has 47 heavy (non-hydrogen) atoms. The summed E-state index contributed by atoms with van der Waals surface area (Å²) >= 11 is 0. The predicted octanol–water partition coefficient (Wildman–Crippen LogP) is 6.84. The summed E-state index contributed by atoms with van der Waals surface area (Å²) in [7, 11) is -4.14. The van der Waals surface area contributed by atoms with Gasteiger partial charge in [-0.2, -0.15) is 0 Å². The van der Waals surface area contributed by atoms with Crippen molar-refractivity contribution in [3.8, 4) is 0 Å². The van der Waals surface area contributed by atoms with Crippen LogP contribution in [0.4, 0.5) is 5.69 Å². The zero-order valence-corrected chi connectivity index (χ0v) is 28.2. The van der Waals surface area contributed by atoms with E-state index in [-0.39, 0.29) is 23.4 Å². The number of nitrogens with one attached hydrogen (secondary N) is 1. The molecule has 0 spiro atoms. The highest BCUT2D eigenvalue weighted by molar-refractivity contribution is 7.92. The molecule has 1 fully saturated rings. The first kappa shape index (κ1) is 33.9. The molecule has 2 amide bonds. The first-order chi connectivity index (χ1) is 22.8. The minimum absolute atomic E-state index is 0.0526. The third-order valence-corrected chi connectivity index (χ3v) is 10.7. The molecule has 0 radical (unpaired) electrons. The molecular weight excluding hydrogens is 607 g/mol. The number of amides is 2. The first-order valence-corrected chi connectivity index (χ1v) is 18.0. The Morgan fingerprint density at radius 3 is 2.13 bits per heavy atom. The lowest BCUT2D eigenvalue weighted by Gasteiger charge is -2.35. The fourth-order valence-corrected chi connectivity index (χ4v) is 7.86. The Hall–Kier alpha value is -4.43. The third-order valence-electron chi connectivity index (χ3n) is 8.91. The van der Waals surface area contributed by atoms with Crippen LogP contribution in [0.25, 0.3) is 0 Å². The number of carbonyl (C=O) groups is 2. The Bertz CT molecular complexity index is 1740. The molecule has 1 saturated carbocycles. The molecule has 1 aliphatic rings. The zero-order valence-electron chi connectivity index (χ0n) is 27.3. The minimum Gasteiger partial charge on any atom is -0.352 e. The molecule has 7 nitrogen and oxygen atoms in total. The Labute approximate surface area is 279 Å². The summed E-state index contributed by atoms with van der Waals surface area (Å²) in [5.41, 5.74) is 4.08. The topological polar surface area (TPSA) is 86.8 Å². The quantitative estimate of drug-likeness (QED) is 0.172. The first-order valence-electron chi connectivity index (χ1n) is 16.6. The van der Waals surface area contributed by atoms with Crippen molar-refractivity contribution in [1.29, 1.82) is 0 Å². The highest BCUT2D eigenvalue weighted by Crippen LogP contribution is 2.29. The maximum Gasteiger partial charge on any atom is 0.264 e. The van der Waals surface area contributed by atoms with Gasteiger partial charge in [-0.25, -0.2) is 8.42 Å². The van der Waals surface area contributed by atoms with Gasteiger partial charge in [0, 0.05) is 19.0 Å². The van der Waals surface area contributed by atoms with Gasteiger partial charge in [-0.15, -0.1) is 0 Å². The predicted molar refractivity (Wildman–Crippen MR) is 187 cm³/mol. The lowest BCUT2D eigenvalue weighted by atomic mass is 9.94. The van der Waals surface area contributed by atoms with Crippen LogP contribution >= 0.6 is 0 Å². The largest absolute Gasteiger partial charge is 0.352 e. The van der Waals surface area contributed by atoms with Crippen LogP contribution < -0.4 is 9.62 Å². The van der Waals surface area contributed by atoms with E-state index in [1.807, 2.05) is 80.6 Å². The number of sulfonamides is 1. The molecule has 0 bridgehead atoms. The van der Waals surface area contributed by atoms with Gasteiger partial charge in [0.2, 0.25) is 11.8 Å². The maximum absolute atomic E-state index is 14.8. The van der Waals surface area contributed by atoms with E-state index in [0.717, 1.165) is 54.4 Å². The maximum atomic E-state index is 14.8. The van der Waals surface area contributed by atoms with E-state index in [9.17, 15) is 18.0 Å². The smallest absolute Gasteiger partial charge is 0.264 e. The molecule has 1 atom stereocenters. The van der Waals surface area contributed by atoms with Crippen molar-refractivity contribution in [3.05, 3.63) is 131 Å². The number of benzene rings is 4. The molecule has 1 aliphatic carbocycles. The fourth-order valence-electron chi connectivity index (χ4n) is 6.39. The molecule has 0 aliphatic heterocycles. The number of nitrogens with zero attached hydrogens (tertiary/aromatic N) is 2. The second-order valence-electron chi connectivity index (χ2n) is 12.4. The zero-order chi connectivity index (χ0) is 33.2. The van der Waals surface area contributed by atoms with Gasteiger partial charge in [0.05, 0.1) is 10.6 Å². The molecule has 246 valence electrons. The second-order valence-corrected chi connectivity index (χ2v) is 14.2. The normalized spacial score (nSPS) is 14.3. The van der Waals surface area contributed by atoms with Gasteiger partial charge in [-0.3, -0.25) is 13.9 Å². The SMILES string of the molecule is CCc1ccccc1N(CC(=O)N(Cc1cccc(C)c1)C(Cc1ccccc1)C(=O)NC1CCCCC1)S(=O)(=O)c1ccccc1. The van der Waals surface area contributed by atoms with Crippen molar-refractivity contribution in [2.24, 2.45) is 0 Å². The number of aryl methyl sites for hydroxylation is 2. The van der Waals surface area contributed by atoms with E-state index < -0.39 is 28.5 Å². The molecule has 0 heterocycles. The number of hydrogen-bond donors (Lipinski definition) is 1.